The van der Waals surface area contributed by atoms with Gasteiger partial charge in [-0.15, -0.1) is 0 Å². The largest absolute Gasteiger partial charge is 0.383 e. The molecule has 25 heavy (non-hydrogen) atoms. The van der Waals surface area contributed by atoms with Crippen molar-refractivity contribution < 1.29 is 0 Å². The molecule has 0 bridgehead atoms. The second kappa shape index (κ2) is 6.01. The van der Waals surface area contributed by atoms with Crippen molar-refractivity contribution >= 4 is 27.5 Å². The Hall–Kier alpha value is -2.09. The van der Waals surface area contributed by atoms with Gasteiger partial charge < -0.3 is 5.73 Å². The molecule has 2 aromatic carbocycles. The van der Waals surface area contributed by atoms with Crippen molar-refractivity contribution in [2.45, 2.75) is 54.4 Å². The summed E-state index contributed by atoms with van der Waals surface area (Å²) in [6.45, 7) is 13.8. The van der Waals surface area contributed by atoms with Crippen LogP contribution in [0, 0.1) is 10.8 Å². The van der Waals surface area contributed by atoms with Crippen LogP contribution in [-0.4, -0.2) is 4.98 Å². The number of fused-ring (bicyclic) bond motifs is 3. The highest BCUT2D eigenvalue weighted by Crippen LogP contribution is 2.34. The molecule has 0 spiro atoms. The molecular weight excluding hydrogens is 304 g/mol. The van der Waals surface area contributed by atoms with Crippen LogP contribution in [0.5, 0.6) is 0 Å². The van der Waals surface area contributed by atoms with Gasteiger partial charge in [-0.2, -0.15) is 0 Å². The number of rotatable bonds is 2. The molecule has 1 aromatic heterocycles. The lowest BCUT2D eigenvalue weighted by molar-refractivity contribution is 0.392. The molecule has 0 aliphatic heterocycles. The fourth-order valence-corrected chi connectivity index (χ4v) is 3.59. The number of nitrogens with two attached hydrogens (primary N) is 1. The molecule has 0 aliphatic rings. The van der Waals surface area contributed by atoms with Gasteiger partial charge in [0.2, 0.25) is 0 Å². The Morgan fingerprint density at radius 3 is 1.84 bits per heavy atom. The summed E-state index contributed by atoms with van der Waals surface area (Å²) in [4.78, 5) is 4.71. The first kappa shape index (κ1) is 17.7. The first-order chi connectivity index (χ1) is 11.5. The maximum Gasteiger partial charge on any atom is 0.131 e. The Bertz CT molecular complexity index is 925. The van der Waals surface area contributed by atoms with E-state index < -0.39 is 0 Å². The number of aromatic nitrogens is 1. The Balaban J connectivity index is 2.30. The normalized spacial score (nSPS) is 12.9. The summed E-state index contributed by atoms with van der Waals surface area (Å²) in [7, 11) is 0. The van der Waals surface area contributed by atoms with Crippen LogP contribution in [-0.2, 0) is 12.8 Å². The number of nitrogen functional groups attached to an aromatic ring is 1. The molecule has 2 heteroatoms. The van der Waals surface area contributed by atoms with E-state index in [1.165, 1.54) is 21.9 Å². The van der Waals surface area contributed by atoms with E-state index in [4.69, 9.17) is 10.7 Å². The van der Waals surface area contributed by atoms with Crippen LogP contribution in [0.4, 0.5) is 5.82 Å². The molecule has 0 unspecified atom stereocenters. The predicted molar refractivity (Wildman–Crippen MR) is 110 cm³/mol. The minimum atomic E-state index is 0.239. The van der Waals surface area contributed by atoms with Crippen molar-refractivity contribution in [3.8, 4) is 0 Å². The summed E-state index contributed by atoms with van der Waals surface area (Å²) in [6.07, 6.45) is 2.11. The lowest BCUT2D eigenvalue weighted by atomic mass is 9.80. The molecule has 0 saturated heterocycles. The molecule has 132 valence electrons. The number of benzene rings is 2. The Labute approximate surface area is 151 Å². The van der Waals surface area contributed by atoms with Crippen LogP contribution >= 0.6 is 0 Å². The molecule has 0 atom stereocenters. The second-order valence-corrected chi connectivity index (χ2v) is 9.66. The van der Waals surface area contributed by atoms with Gasteiger partial charge in [-0.3, -0.25) is 0 Å². The smallest absolute Gasteiger partial charge is 0.131 e. The van der Waals surface area contributed by atoms with E-state index in [0.717, 1.165) is 23.7 Å². The highest BCUT2D eigenvalue weighted by atomic mass is 14.8. The van der Waals surface area contributed by atoms with Crippen LogP contribution in [0.2, 0.25) is 0 Å². The van der Waals surface area contributed by atoms with Gasteiger partial charge in [0.15, 0.2) is 0 Å². The van der Waals surface area contributed by atoms with Gasteiger partial charge in [0.05, 0.1) is 5.52 Å². The number of hydrogen-bond acceptors (Lipinski definition) is 2. The Kier molecular flexibility index (Phi) is 4.26. The molecule has 0 aliphatic carbocycles. The molecule has 3 rings (SSSR count). The molecule has 2 N–H and O–H groups in total. The van der Waals surface area contributed by atoms with Gasteiger partial charge >= 0.3 is 0 Å². The van der Waals surface area contributed by atoms with Crippen LogP contribution in [0.25, 0.3) is 21.7 Å². The topological polar surface area (TPSA) is 38.9 Å². The van der Waals surface area contributed by atoms with Gasteiger partial charge in [0.25, 0.3) is 0 Å². The van der Waals surface area contributed by atoms with E-state index in [0.29, 0.717) is 5.82 Å². The third-order valence-electron chi connectivity index (χ3n) is 4.49. The van der Waals surface area contributed by atoms with Gasteiger partial charge in [-0.1, -0.05) is 65.8 Å². The Morgan fingerprint density at radius 1 is 0.760 bits per heavy atom. The van der Waals surface area contributed by atoms with Gasteiger partial charge in [0, 0.05) is 10.8 Å². The highest BCUT2D eigenvalue weighted by Gasteiger charge is 2.20. The average molecular weight is 335 g/mol. The van der Waals surface area contributed by atoms with Crippen LogP contribution in [0.3, 0.4) is 0 Å². The number of hydrogen-bond donors (Lipinski definition) is 1. The summed E-state index contributed by atoms with van der Waals surface area (Å²) in [5, 5.41) is 3.45. The van der Waals surface area contributed by atoms with E-state index in [-0.39, 0.29) is 10.8 Å². The van der Waals surface area contributed by atoms with Gasteiger partial charge in [-0.05, 0) is 52.3 Å². The molecule has 1 heterocycles. The molecule has 0 fully saturated rings. The second-order valence-electron chi connectivity index (χ2n) is 9.66. The predicted octanol–water partition coefficient (Wildman–Crippen LogP) is 6.15. The fourth-order valence-electron chi connectivity index (χ4n) is 3.59. The maximum atomic E-state index is 6.23. The molecule has 0 radical (unpaired) electrons. The molecule has 2 nitrogen and oxygen atoms in total. The molecular formula is C23H30N2. The lowest BCUT2D eigenvalue weighted by Crippen LogP contribution is -2.15. The van der Waals surface area contributed by atoms with Crippen molar-refractivity contribution in [3.63, 3.8) is 0 Å². The minimum absolute atomic E-state index is 0.239. The average Bonchev–Trinajstić information content (AvgIpc) is 2.46. The van der Waals surface area contributed by atoms with E-state index in [2.05, 4.69) is 71.9 Å². The third kappa shape index (κ3) is 3.95. The zero-order valence-corrected chi connectivity index (χ0v) is 16.4. The summed E-state index contributed by atoms with van der Waals surface area (Å²) in [5.74, 6) is 0.619. The summed E-state index contributed by atoms with van der Waals surface area (Å²) in [6, 6.07) is 12.9. The van der Waals surface area contributed by atoms with Crippen molar-refractivity contribution in [3.05, 3.63) is 47.5 Å². The summed E-state index contributed by atoms with van der Waals surface area (Å²) < 4.78 is 0. The molecule has 0 amide bonds. The van der Waals surface area contributed by atoms with Crippen LogP contribution in [0.1, 0.15) is 52.7 Å². The first-order valence-electron chi connectivity index (χ1n) is 9.13. The fraction of sp³-hybridized carbons (Fsp3) is 0.435. The van der Waals surface area contributed by atoms with E-state index in [9.17, 15) is 0 Å². The van der Waals surface area contributed by atoms with Crippen molar-refractivity contribution in [1.82, 2.24) is 4.98 Å². The molecule has 0 saturated carbocycles. The zero-order chi connectivity index (χ0) is 18.4. The van der Waals surface area contributed by atoms with Crippen LogP contribution in [0.15, 0.2) is 36.4 Å². The van der Waals surface area contributed by atoms with Crippen LogP contribution < -0.4 is 5.73 Å². The minimum Gasteiger partial charge on any atom is -0.383 e. The van der Waals surface area contributed by atoms with E-state index >= 15 is 0 Å². The molecule has 3 aromatic rings. The van der Waals surface area contributed by atoms with E-state index in [1.807, 2.05) is 6.07 Å². The standard InChI is InChI=1S/C23H30N2/c1-22(2,3)13-15-11-19-17-9-7-8-10-18(17)21(24)25-20(19)12-16(15)14-23(4,5)6/h7-12H,13-14H2,1-6H3,(H2,24,25). The third-order valence-corrected chi connectivity index (χ3v) is 4.49. The van der Waals surface area contributed by atoms with Gasteiger partial charge in [0.1, 0.15) is 5.82 Å². The monoisotopic (exact) mass is 334 g/mol. The quantitative estimate of drug-likeness (QED) is 0.571. The first-order valence-corrected chi connectivity index (χ1v) is 9.13. The van der Waals surface area contributed by atoms with Gasteiger partial charge in [-0.25, -0.2) is 4.98 Å². The van der Waals surface area contributed by atoms with Crippen molar-refractivity contribution in [1.29, 1.82) is 0 Å². The van der Waals surface area contributed by atoms with E-state index in [1.54, 1.807) is 0 Å². The highest BCUT2D eigenvalue weighted by molar-refractivity contribution is 6.10. The lowest BCUT2D eigenvalue weighted by Gasteiger charge is -2.25. The van der Waals surface area contributed by atoms with Crippen molar-refractivity contribution in [2.24, 2.45) is 10.8 Å². The number of nitrogens with zero attached hydrogens (tertiary/aromatic N) is 1. The summed E-state index contributed by atoms with van der Waals surface area (Å²) >= 11 is 0. The number of anilines is 1. The zero-order valence-electron chi connectivity index (χ0n) is 16.4. The Morgan fingerprint density at radius 2 is 1.28 bits per heavy atom. The maximum absolute atomic E-state index is 6.23. The van der Waals surface area contributed by atoms with Crippen molar-refractivity contribution in [2.75, 3.05) is 5.73 Å². The summed E-state index contributed by atoms with van der Waals surface area (Å²) in [5.41, 5.74) is 10.6. The number of pyridine rings is 1. The SMILES string of the molecule is CC(C)(C)Cc1cc2nc(N)c3ccccc3c2cc1CC(C)(C)C.